The largest absolute Gasteiger partial charge is 0.388 e. The summed E-state index contributed by atoms with van der Waals surface area (Å²) in [6.45, 7) is 6.23. The van der Waals surface area contributed by atoms with Crippen molar-refractivity contribution < 1.29 is 0 Å². The first-order valence-electron chi connectivity index (χ1n) is 9.09. The molecule has 29 heavy (non-hydrogen) atoms. The van der Waals surface area contributed by atoms with Crippen LogP contribution in [0.25, 0.3) is 0 Å². The van der Waals surface area contributed by atoms with Crippen molar-refractivity contribution in [2.45, 2.75) is 6.92 Å². The number of para-hydroxylation sites is 1. The summed E-state index contributed by atoms with van der Waals surface area (Å²) >= 11 is 3.54. The highest BCUT2D eigenvalue weighted by molar-refractivity contribution is 9.10. The monoisotopic (exact) mass is 470 g/mol. The molecule has 8 heteroatoms. The molecule has 3 rings (SSSR count). The third-order valence-corrected chi connectivity index (χ3v) is 6.27. The van der Waals surface area contributed by atoms with Crippen LogP contribution in [0.4, 0.5) is 28.8 Å². The Hall–Kier alpha value is -2.50. The average molecular weight is 471 g/mol. The van der Waals surface area contributed by atoms with Crippen LogP contribution in [-0.4, -0.2) is 36.1 Å². The number of anilines is 5. The highest BCUT2D eigenvalue weighted by Gasteiger charge is 2.11. The van der Waals surface area contributed by atoms with E-state index in [1.165, 1.54) is 5.30 Å². The molecule has 3 aromatic rings. The highest BCUT2D eigenvalue weighted by atomic mass is 79.9. The standard InChI is InChI=1S/C21H24BrN6P/c1-13(23)15-11-14(9-10-17(15)24-2)26-21-25-12-16(22)20(28-21)27-18-7-5-6-8-19(18)29(3)4/h5-12,23-24H,1-4H3,(H2,25,26,27,28). The summed E-state index contributed by atoms with van der Waals surface area (Å²) < 4.78 is 0.788. The number of aromatic nitrogens is 2. The van der Waals surface area contributed by atoms with Gasteiger partial charge in [0.1, 0.15) is 5.82 Å². The quantitative estimate of drug-likeness (QED) is 0.269. The molecule has 0 fully saturated rings. The third kappa shape index (κ3) is 5.11. The SMILES string of the molecule is CNc1ccc(Nc2ncc(Br)c(Nc3ccccc3P(C)C)n2)cc1C(C)=N. The zero-order valence-electron chi connectivity index (χ0n) is 16.8. The number of hydrogen-bond acceptors (Lipinski definition) is 6. The number of nitrogens with zero attached hydrogens (tertiary/aromatic N) is 2. The van der Waals surface area contributed by atoms with E-state index < -0.39 is 0 Å². The summed E-state index contributed by atoms with van der Waals surface area (Å²) in [5.41, 5.74) is 4.11. The molecule has 0 aliphatic heterocycles. The van der Waals surface area contributed by atoms with Crippen LogP contribution in [0.3, 0.4) is 0 Å². The molecular weight excluding hydrogens is 447 g/mol. The Kier molecular flexibility index (Phi) is 6.83. The number of benzene rings is 2. The summed E-state index contributed by atoms with van der Waals surface area (Å²) in [5.74, 6) is 1.18. The zero-order chi connectivity index (χ0) is 21.0. The zero-order valence-corrected chi connectivity index (χ0v) is 19.3. The van der Waals surface area contributed by atoms with E-state index in [-0.39, 0.29) is 7.92 Å². The van der Waals surface area contributed by atoms with E-state index >= 15 is 0 Å². The van der Waals surface area contributed by atoms with E-state index in [9.17, 15) is 0 Å². The molecule has 0 bridgehead atoms. The predicted octanol–water partition coefficient (Wildman–Crippen LogP) is 5.52. The molecule has 0 unspecified atom stereocenters. The van der Waals surface area contributed by atoms with E-state index in [1.807, 2.05) is 31.3 Å². The van der Waals surface area contributed by atoms with Crippen molar-refractivity contribution in [2.24, 2.45) is 0 Å². The Morgan fingerprint density at radius 1 is 1.07 bits per heavy atom. The molecule has 0 aliphatic carbocycles. The summed E-state index contributed by atoms with van der Waals surface area (Å²) in [6.07, 6.45) is 1.73. The second kappa shape index (κ2) is 9.33. The van der Waals surface area contributed by atoms with Gasteiger partial charge in [-0.2, -0.15) is 4.98 Å². The fourth-order valence-corrected chi connectivity index (χ4v) is 4.18. The topological polar surface area (TPSA) is 85.7 Å². The van der Waals surface area contributed by atoms with Gasteiger partial charge in [-0.15, -0.1) is 0 Å². The van der Waals surface area contributed by atoms with Gasteiger partial charge in [0.2, 0.25) is 5.95 Å². The average Bonchev–Trinajstić information content (AvgIpc) is 2.70. The molecule has 0 atom stereocenters. The Labute approximate surface area is 181 Å². The first-order valence-corrected chi connectivity index (χ1v) is 12.1. The second-order valence-corrected chi connectivity index (χ2v) is 9.81. The maximum atomic E-state index is 7.98. The lowest BCUT2D eigenvalue weighted by atomic mass is 10.1. The van der Waals surface area contributed by atoms with Crippen LogP contribution in [0.5, 0.6) is 0 Å². The molecule has 4 N–H and O–H groups in total. The Balaban J connectivity index is 1.89. The van der Waals surface area contributed by atoms with Gasteiger partial charge in [0.05, 0.1) is 4.47 Å². The van der Waals surface area contributed by atoms with Crippen LogP contribution in [0.15, 0.2) is 53.1 Å². The molecule has 1 aromatic heterocycles. The van der Waals surface area contributed by atoms with Gasteiger partial charge in [0.15, 0.2) is 0 Å². The van der Waals surface area contributed by atoms with E-state index in [4.69, 9.17) is 5.41 Å². The molecular formula is C21H24BrN6P. The fourth-order valence-electron chi connectivity index (χ4n) is 2.89. The van der Waals surface area contributed by atoms with E-state index in [0.717, 1.165) is 27.1 Å². The predicted molar refractivity (Wildman–Crippen MR) is 130 cm³/mol. The van der Waals surface area contributed by atoms with Crippen molar-refractivity contribution in [3.8, 4) is 0 Å². The number of nitrogens with one attached hydrogen (secondary N) is 4. The normalized spacial score (nSPS) is 10.7. The van der Waals surface area contributed by atoms with Crippen molar-refractivity contribution in [1.82, 2.24) is 9.97 Å². The van der Waals surface area contributed by atoms with Crippen LogP contribution in [0, 0.1) is 5.41 Å². The van der Waals surface area contributed by atoms with Crippen molar-refractivity contribution in [1.29, 1.82) is 5.41 Å². The van der Waals surface area contributed by atoms with Gasteiger partial charge in [-0.05, 0) is 65.8 Å². The van der Waals surface area contributed by atoms with Gasteiger partial charge < -0.3 is 21.4 Å². The van der Waals surface area contributed by atoms with Crippen LogP contribution in [0.1, 0.15) is 12.5 Å². The minimum absolute atomic E-state index is 0.247. The third-order valence-electron chi connectivity index (χ3n) is 4.33. The second-order valence-electron chi connectivity index (χ2n) is 6.69. The molecule has 0 saturated carbocycles. The molecule has 1 heterocycles. The lowest BCUT2D eigenvalue weighted by molar-refractivity contribution is 1.15. The van der Waals surface area contributed by atoms with Crippen LogP contribution in [-0.2, 0) is 0 Å². The van der Waals surface area contributed by atoms with Crippen molar-refractivity contribution >= 4 is 63.7 Å². The van der Waals surface area contributed by atoms with Crippen molar-refractivity contribution in [3.63, 3.8) is 0 Å². The summed E-state index contributed by atoms with van der Waals surface area (Å²) in [7, 11) is 1.60. The molecule has 0 radical (unpaired) electrons. The van der Waals surface area contributed by atoms with Gasteiger partial charge in [-0.3, -0.25) is 0 Å². The van der Waals surface area contributed by atoms with Crippen molar-refractivity contribution in [2.75, 3.05) is 36.3 Å². The molecule has 0 spiro atoms. The lowest BCUT2D eigenvalue weighted by Gasteiger charge is -2.16. The first kappa shape index (κ1) is 21.2. The van der Waals surface area contributed by atoms with Crippen LogP contribution in [0.2, 0.25) is 0 Å². The molecule has 0 saturated heterocycles. The number of halogens is 1. The Morgan fingerprint density at radius 2 is 1.83 bits per heavy atom. The van der Waals surface area contributed by atoms with Gasteiger partial charge in [0, 0.05) is 41.6 Å². The molecule has 0 aliphatic rings. The maximum absolute atomic E-state index is 7.98. The maximum Gasteiger partial charge on any atom is 0.229 e. The van der Waals surface area contributed by atoms with Gasteiger partial charge >= 0.3 is 0 Å². The first-order chi connectivity index (χ1) is 13.9. The van der Waals surface area contributed by atoms with Crippen LogP contribution < -0.4 is 21.3 Å². The number of hydrogen-bond donors (Lipinski definition) is 4. The summed E-state index contributed by atoms with van der Waals surface area (Å²) in [4.78, 5) is 9.01. The van der Waals surface area contributed by atoms with Gasteiger partial charge in [-0.25, -0.2) is 4.98 Å². The Bertz CT molecular complexity index is 1040. The van der Waals surface area contributed by atoms with Gasteiger partial charge in [0.25, 0.3) is 0 Å². The fraction of sp³-hybridized carbons (Fsp3) is 0.190. The van der Waals surface area contributed by atoms with E-state index in [1.54, 1.807) is 13.1 Å². The minimum atomic E-state index is -0.247. The van der Waals surface area contributed by atoms with E-state index in [2.05, 4.69) is 73.4 Å². The molecule has 0 amide bonds. The van der Waals surface area contributed by atoms with Gasteiger partial charge in [-0.1, -0.05) is 26.1 Å². The Morgan fingerprint density at radius 3 is 2.52 bits per heavy atom. The van der Waals surface area contributed by atoms with Crippen molar-refractivity contribution in [3.05, 3.63) is 58.7 Å². The molecule has 6 nitrogen and oxygen atoms in total. The number of rotatable bonds is 7. The molecule has 2 aromatic carbocycles. The highest BCUT2D eigenvalue weighted by Crippen LogP contribution is 2.31. The van der Waals surface area contributed by atoms with Crippen LogP contribution >= 0.6 is 23.9 Å². The lowest BCUT2D eigenvalue weighted by Crippen LogP contribution is -2.09. The summed E-state index contributed by atoms with van der Waals surface area (Å²) in [5, 5.41) is 19.1. The van der Waals surface area contributed by atoms with E-state index in [0.29, 0.717) is 17.5 Å². The smallest absolute Gasteiger partial charge is 0.229 e. The summed E-state index contributed by atoms with van der Waals surface area (Å²) in [6, 6.07) is 14.1. The molecule has 150 valence electrons. The minimum Gasteiger partial charge on any atom is -0.388 e.